The molecular formula is C11H20N2O2S2. The first-order chi connectivity index (χ1) is 7.68. The minimum absolute atomic E-state index is 0.0790. The lowest BCUT2D eigenvalue weighted by Crippen LogP contribution is -2.21. The van der Waals surface area contributed by atoms with Crippen molar-refractivity contribution in [2.24, 2.45) is 0 Å². The molecule has 0 fully saturated rings. The normalized spacial score (nSPS) is 12.9. The van der Waals surface area contributed by atoms with Crippen LogP contribution in [0.1, 0.15) is 30.7 Å². The van der Waals surface area contributed by atoms with Gasteiger partial charge in [-0.1, -0.05) is 20.8 Å². The number of hydrogen-bond acceptors (Lipinski definition) is 5. The molecule has 0 unspecified atom stereocenters. The number of aromatic nitrogens is 1. The van der Waals surface area contributed by atoms with Crippen molar-refractivity contribution in [3.8, 4) is 0 Å². The minimum Gasteiger partial charge on any atom is -0.311 e. The summed E-state index contributed by atoms with van der Waals surface area (Å²) < 4.78 is 21.9. The third-order valence-electron chi connectivity index (χ3n) is 2.14. The van der Waals surface area contributed by atoms with E-state index in [4.69, 9.17) is 0 Å². The molecule has 6 heteroatoms. The number of thiazole rings is 1. The number of hydrogen-bond donors (Lipinski definition) is 1. The molecule has 98 valence electrons. The van der Waals surface area contributed by atoms with Crippen LogP contribution in [0.5, 0.6) is 0 Å². The third-order valence-corrected chi connectivity index (χ3v) is 4.51. The molecule has 1 rings (SSSR count). The first-order valence-corrected chi connectivity index (χ1v) is 8.40. The molecule has 1 aromatic rings. The van der Waals surface area contributed by atoms with Crippen molar-refractivity contribution >= 4 is 21.2 Å². The molecule has 0 atom stereocenters. The fourth-order valence-electron chi connectivity index (χ4n) is 1.21. The van der Waals surface area contributed by atoms with E-state index in [1.807, 2.05) is 6.20 Å². The van der Waals surface area contributed by atoms with Gasteiger partial charge in [0.05, 0.1) is 10.8 Å². The van der Waals surface area contributed by atoms with Gasteiger partial charge in [0.2, 0.25) is 0 Å². The second kappa shape index (κ2) is 5.46. The van der Waals surface area contributed by atoms with Crippen LogP contribution < -0.4 is 5.32 Å². The molecule has 0 aromatic carbocycles. The number of sulfone groups is 1. The summed E-state index contributed by atoms with van der Waals surface area (Å²) in [4.78, 5) is 5.52. The largest absolute Gasteiger partial charge is 0.311 e. The first kappa shape index (κ1) is 14.6. The molecular weight excluding hydrogens is 256 g/mol. The van der Waals surface area contributed by atoms with E-state index in [9.17, 15) is 8.42 Å². The van der Waals surface area contributed by atoms with E-state index in [2.05, 4.69) is 31.1 Å². The Balaban J connectivity index is 2.41. The highest BCUT2D eigenvalue weighted by Gasteiger charge is 2.17. The Kier molecular flexibility index (Phi) is 4.69. The van der Waals surface area contributed by atoms with Crippen molar-refractivity contribution in [2.75, 3.05) is 18.6 Å². The van der Waals surface area contributed by atoms with Crippen molar-refractivity contribution < 1.29 is 8.42 Å². The van der Waals surface area contributed by atoms with E-state index >= 15 is 0 Å². The van der Waals surface area contributed by atoms with Gasteiger partial charge in [-0.05, 0) is 0 Å². The zero-order chi connectivity index (χ0) is 13.1. The maximum Gasteiger partial charge on any atom is 0.148 e. The van der Waals surface area contributed by atoms with Crippen LogP contribution in [-0.4, -0.2) is 32.0 Å². The Labute approximate surface area is 107 Å². The van der Waals surface area contributed by atoms with Crippen molar-refractivity contribution in [1.82, 2.24) is 10.3 Å². The molecule has 17 heavy (non-hydrogen) atoms. The van der Waals surface area contributed by atoms with Crippen molar-refractivity contribution in [1.29, 1.82) is 0 Å². The molecule has 1 aromatic heterocycles. The second-order valence-corrected chi connectivity index (χ2v) is 8.56. The molecule has 0 aliphatic heterocycles. The fourth-order valence-corrected chi connectivity index (χ4v) is 2.66. The third kappa shape index (κ3) is 5.61. The van der Waals surface area contributed by atoms with Crippen LogP contribution in [0.15, 0.2) is 6.20 Å². The van der Waals surface area contributed by atoms with E-state index in [0.29, 0.717) is 13.1 Å². The van der Waals surface area contributed by atoms with Gasteiger partial charge < -0.3 is 5.32 Å². The van der Waals surface area contributed by atoms with Crippen LogP contribution in [0.4, 0.5) is 0 Å². The van der Waals surface area contributed by atoms with Gasteiger partial charge in [-0.25, -0.2) is 13.4 Å². The average Bonchev–Trinajstić information content (AvgIpc) is 2.58. The van der Waals surface area contributed by atoms with E-state index in [1.54, 1.807) is 11.3 Å². The smallest absolute Gasteiger partial charge is 0.148 e. The summed E-state index contributed by atoms with van der Waals surface area (Å²) >= 11 is 1.67. The van der Waals surface area contributed by atoms with Gasteiger partial charge in [0.25, 0.3) is 0 Å². The highest BCUT2D eigenvalue weighted by Crippen LogP contribution is 2.26. The standard InChI is InChI=1S/C11H20N2O2S2/c1-11(2,3)10-13-8-9(16-10)7-12-5-6-17(4,14)15/h8,12H,5-7H2,1-4H3. The molecule has 0 spiro atoms. The van der Waals surface area contributed by atoms with Gasteiger partial charge >= 0.3 is 0 Å². The Morgan fingerprint density at radius 3 is 2.53 bits per heavy atom. The lowest BCUT2D eigenvalue weighted by Gasteiger charge is -2.13. The van der Waals surface area contributed by atoms with E-state index in [1.165, 1.54) is 6.26 Å². The van der Waals surface area contributed by atoms with Gasteiger partial charge in [0.1, 0.15) is 9.84 Å². The number of nitrogens with one attached hydrogen (secondary N) is 1. The summed E-state index contributed by atoms with van der Waals surface area (Å²) in [5.74, 6) is 0.179. The zero-order valence-electron chi connectivity index (χ0n) is 10.8. The molecule has 0 bridgehead atoms. The van der Waals surface area contributed by atoms with Crippen LogP contribution in [0.3, 0.4) is 0 Å². The van der Waals surface area contributed by atoms with Crippen molar-refractivity contribution in [3.63, 3.8) is 0 Å². The Hall–Kier alpha value is -0.460. The van der Waals surface area contributed by atoms with Gasteiger partial charge in [-0.2, -0.15) is 0 Å². The monoisotopic (exact) mass is 276 g/mol. The maximum absolute atomic E-state index is 10.9. The Morgan fingerprint density at radius 1 is 1.41 bits per heavy atom. The van der Waals surface area contributed by atoms with Crippen molar-refractivity contribution in [2.45, 2.75) is 32.7 Å². The first-order valence-electron chi connectivity index (χ1n) is 5.52. The molecule has 4 nitrogen and oxygen atoms in total. The minimum atomic E-state index is -2.87. The average molecular weight is 276 g/mol. The van der Waals surface area contributed by atoms with Crippen LogP contribution in [0, 0.1) is 0 Å². The topological polar surface area (TPSA) is 59.1 Å². The predicted molar refractivity (Wildman–Crippen MR) is 72.2 cm³/mol. The van der Waals surface area contributed by atoms with E-state index < -0.39 is 9.84 Å². The Bertz CT molecular complexity index is 458. The molecule has 0 aliphatic carbocycles. The van der Waals surface area contributed by atoms with Gasteiger partial charge in [0.15, 0.2) is 0 Å². The predicted octanol–water partition coefficient (Wildman–Crippen LogP) is 1.57. The van der Waals surface area contributed by atoms with E-state index in [0.717, 1.165) is 9.88 Å². The number of rotatable bonds is 5. The molecule has 1 N–H and O–H groups in total. The fraction of sp³-hybridized carbons (Fsp3) is 0.727. The van der Waals surface area contributed by atoms with Crippen LogP contribution in [0.2, 0.25) is 0 Å². The summed E-state index contributed by atoms with van der Waals surface area (Å²) in [6, 6.07) is 0. The lowest BCUT2D eigenvalue weighted by atomic mass is 9.98. The lowest BCUT2D eigenvalue weighted by molar-refractivity contribution is 0.585. The summed E-state index contributed by atoms with van der Waals surface area (Å²) in [6.07, 6.45) is 3.11. The van der Waals surface area contributed by atoms with Crippen molar-refractivity contribution in [3.05, 3.63) is 16.1 Å². The molecule has 1 heterocycles. The molecule has 0 saturated heterocycles. The van der Waals surface area contributed by atoms with Crippen LogP contribution in [-0.2, 0) is 21.8 Å². The maximum atomic E-state index is 10.9. The quantitative estimate of drug-likeness (QED) is 0.830. The summed E-state index contributed by atoms with van der Waals surface area (Å²) in [5, 5.41) is 4.22. The molecule has 0 amide bonds. The van der Waals surface area contributed by atoms with Crippen LogP contribution in [0.25, 0.3) is 0 Å². The Morgan fingerprint density at radius 2 is 2.06 bits per heavy atom. The summed E-state index contributed by atoms with van der Waals surface area (Å²) in [6.45, 7) is 7.57. The van der Waals surface area contributed by atoms with Gasteiger partial charge in [0, 0.05) is 35.8 Å². The zero-order valence-corrected chi connectivity index (χ0v) is 12.4. The summed E-state index contributed by atoms with van der Waals surface area (Å²) in [5.41, 5.74) is 0.0790. The van der Waals surface area contributed by atoms with Gasteiger partial charge in [-0.3, -0.25) is 0 Å². The van der Waals surface area contributed by atoms with Crippen LogP contribution >= 0.6 is 11.3 Å². The van der Waals surface area contributed by atoms with E-state index in [-0.39, 0.29) is 11.2 Å². The summed E-state index contributed by atoms with van der Waals surface area (Å²) in [7, 11) is -2.87. The number of nitrogens with zero attached hydrogens (tertiary/aromatic N) is 1. The molecule has 0 radical (unpaired) electrons. The SMILES string of the molecule is CC(C)(C)c1ncc(CNCCS(C)(=O)=O)s1. The van der Waals surface area contributed by atoms with Gasteiger partial charge in [-0.15, -0.1) is 11.3 Å². The highest BCUT2D eigenvalue weighted by molar-refractivity contribution is 7.90. The second-order valence-electron chi connectivity index (χ2n) is 5.19. The molecule has 0 saturated carbocycles. The molecule has 0 aliphatic rings. The highest BCUT2D eigenvalue weighted by atomic mass is 32.2.